The fraction of sp³-hybridized carbons (Fsp3) is 0.0455. The zero-order valence-electron chi connectivity index (χ0n) is 12.8. The molecular weight excluding hydrogens is 278 g/mol. The van der Waals surface area contributed by atoms with Crippen LogP contribution in [0, 0.1) is 5.92 Å². The summed E-state index contributed by atoms with van der Waals surface area (Å²) < 4.78 is 0. The van der Waals surface area contributed by atoms with E-state index in [-0.39, 0.29) is 0 Å². The Morgan fingerprint density at radius 3 is 2.04 bits per heavy atom. The van der Waals surface area contributed by atoms with Crippen LogP contribution in [0.1, 0.15) is 5.56 Å². The Hall–Kier alpha value is -2.93. The highest BCUT2D eigenvalue weighted by Gasteiger charge is 2.04. The van der Waals surface area contributed by atoms with Gasteiger partial charge in [-0.1, -0.05) is 78.9 Å². The molecule has 0 fully saturated rings. The van der Waals surface area contributed by atoms with Crippen molar-refractivity contribution in [3.05, 3.63) is 96.7 Å². The van der Waals surface area contributed by atoms with Crippen LogP contribution in [0.5, 0.6) is 0 Å². The fourth-order valence-corrected chi connectivity index (χ4v) is 3.03. The average Bonchev–Trinajstić information content (AvgIpc) is 3.11. The van der Waals surface area contributed by atoms with Gasteiger partial charge in [-0.05, 0) is 27.6 Å². The lowest BCUT2D eigenvalue weighted by atomic mass is 9.97. The summed E-state index contributed by atoms with van der Waals surface area (Å²) in [5.74, 6) is 0.372. The second-order valence-corrected chi connectivity index (χ2v) is 5.70. The lowest BCUT2D eigenvalue weighted by Gasteiger charge is -2.07. The molecule has 0 spiro atoms. The van der Waals surface area contributed by atoms with Crippen molar-refractivity contribution >= 4 is 27.8 Å². The summed E-state index contributed by atoms with van der Waals surface area (Å²) in [6.07, 6.45) is 14.4. The van der Waals surface area contributed by atoms with Gasteiger partial charge in [-0.15, -0.1) is 0 Å². The molecule has 1 aliphatic carbocycles. The van der Waals surface area contributed by atoms with Gasteiger partial charge in [-0.25, -0.2) is 0 Å². The number of fused-ring (bicyclic) bond motifs is 2. The Morgan fingerprint density at radius 2 is 1.39 bits per heavy atom. The van der Waals surface area contributed by atoms with E-state index >= 15 is 0 Å². The predicted octanol–water partition coefficient (Wildman–Crippen LogP) is 5.67. The van der Waals surface area contributed by atoms with E-state index in [9.17, 15) is 0 Å². The largest absolute Gasteiger partial charge is 0.264 e. The smallest absolute Gasteiger partial charge is 0.0352 e. The molecule has 0 aromatic heterocycles. The third kappa shape index (κ3) is 2.74. The second-order valence-electron chi connectivity index (χ2n) is 5.70. The van der Waals surface area contributed by atoms with Gasteiger partial charge in [-0.2, -0.15) is 0 Å². The third-order valence-electron chi connectivity index (χ3n) is 4.19. The molecule has 3 aromatic rings. The lowest BCUT2D eigenvalue weighted by Crippen LogP contribution is -1.88. The molecule has 0 unspecified atom stereocenters. The Morgan fingerprint density at radius 1 is 0.783 bits per heavy atom. The SMILES string of the molecule is C1=CC(/C=C/N=Cc2c3ccccc3cc3ccccc23)C=C1. The number of allylic oxidation sites excluding steroid dienone is 5. The molecule has 0 saturated heterocycles. The average molecular weight is 295 g/mol. The van der Waals surface area contributed by atoms with Crippen molar-refractivity contribution < 1.29 is 0 Å². The predicted molar refractivity (Wildman–Crippen MR) is 100.0 cm³/mol. The normalized spacial score (nSPS) is 15.0. The van der Waals surface area contributed by atoms with Gasteiger partial charge in [0.2, 0.25) is 0 Å². The molecule has 1 heteroatoms. The molecule has 4 rings (SSSR count). The van der Waals surface area contributed by atoms with Crippen molar-refractivity contribution in [3.8, 4) is 0 Å². The summed E-state index contributed by atoms with van der Waals surface area (Å²) in [5, 5.41) is 4.98. The van der Waals surface area contributed by atoms with Gasteiger partial charge in [0.1, 0.15) is 0 Å². The number of aliphatic imine (C=N–C) groups is 1. The first kappa shape index (κ1) is 13.7. The molecule has 0 atom stereocenters. The second kappa shape index (κ2) is 6.05. The minimum atomic E-state index is 0.372. The molecule has 0 heterocycles. The van der Waals surface area contributed by atoms with Crippen LogP contribution >= 0.6 is 0 Å². The third-order valence-corrected chi connectivity index (χ3v) is 4.19. The van der Waals surface area contributed by atoms with Crippen LogP contribution < -0.4 is 0 Å². The monoisotopic (exact) mass is 295 g/mol. The van der Waals surface area contributed by atoms with Gasteiger partial charge in [0.25, 0.3) is 0 Å². The highest BCUT2D eigenvalue weighted by molar-refractivity contribution is 6.13. The van der Waals surface area contributed by atoms with E-state index < -0.39 is 0 Å². The van der Waals surface area contributed by atoms with E-state index in [4.69, 9.17) is 0 Å². The van der Waals surface area contributed by atoms with Gasteiger partial charge >= 0.3 is 0 Å². The quantitative estimate of drug-likeness (QED) is 0.436. The van der Waals surface area contributed by atoms with Crippen molar-refractivity contribution in [3.63, 3.8) is 0 Å². The summed E-state index contributed by atoms with van der Waals surface area (Å²) >= 11 is 0. The highest BCUT2D eigenvalue weighted by Crippen LogP contribution is 2.27. The first-order valence-corrected chi connectivity index (χ1v) is 7.87. The summed E-state index contributed by atoms with van der Waals surface area (Å²) in [6, 6.07) is 19.2. The van der Waals surface area contributed by atoms with Crippen LogP contribution in [-0.2, 0) is 0 Å². The van der Waals surface area contributed by atoms with Crippen LogP contribution in [0.2, 0.25) is 0 Å². The standard InChI is InChI=1S/C22H17N/c1-2-8-17(7-1)13-14-23-16-22-20-11-5-3-9-18(20)15-19-10-4-6-12-21(19)22/h1-17H/b14-13+,23-16?. The first-order chi connectivity index (χ1) is 11.4. The molecule has 1 aliphatic rings. The Bertz CT molecular complexity index is 908. The summed E-state index contributed by atoms with van der Waals surface area (Å²) in [5.41, 5.74) is 1.18. The van der Waals surface area contributed by atoms with Gasteiger partial charge in [0.05, 0.1) is 0 Å². The van der Waals surface area contributed by atoms with Crippen molar-refractivity contribution in [2.24, 2.45) is 10.9 Å². The molecule has 0 aliphatic heterocycles. The van der Waals surface area contributed by atoms with Gasteiger partial charge in [-0.3, -0.25) is 4.99 Å². The van der Waals surface area contributed by atoms with E-state index in [1.807, 2.05) is 12.4 Å². The van der Waals surface area contributed by atoms with E-state index in [0.717, 1.165) is 0 Å². The van der Waals surface area contributed by atoms with Gasteiger partial charge < -0.3 is 0 Å². The minimum Gasteiger partial charge on any atom is -0.264 e. The summed E-state index contributed by atoms with van der Waals surface area (Å²) in [4.78, 5) is 4.53. The Kier molecular flexibility index (Phi) is 3.61. The zero-order valence-corrected chi connectivity index (χ0v) is 12.8. The van der Waals surface area contributed by atoms with E-state index in [1.165, 1.54) is 27.1 Å². The first-order valence-electron chi connectivity index (χ1n) is 7.87. The molecule has 0 saturated carbocycles. The summed E-state index contributed by atoms with van der Waals surface area (Å²) in [7, 11) is 0. The number of hydrogen-bond donors (Lipinski definition) is 0. The highest BCUT2D eigenvalue weighted by atomic mass is 14.7. The van der Waals surface area contributed by atoms with Crippen molar-refractivity contribution in [2.45, 2.75) is 0 Å². The van der Waals surface area contributed by atoms with Crippen LogP contribution in [-0.4, -0.2) is 6.21 Å². The maximum absolute atomic E-state index is 4.53. The Balaban J connectivity index is 1.79. The van der Waals surface area contributed by atoms with E-state index in [1.54, 1.807) is 0 Å². The molecule has 0 radical (unpaired) electrons. The van der Waals surface area contributed by atoms with Crippen molar-refractivity contribution in [1.82, 2.24) is 0 Å². The molecule has 110 valence electrons. The van der Waals surface area contributed by atoms with Crippen LogP contribution in [0.15, 0.2) is 96.2 Å². The lowest BCUT2D eigenvalue weighted by molar-refractivity contribution is 1.09. The zero-order chi connectivity index (χ0) is 15.5. The van der Waals surface area contributed by atoms with Crippen LogP contribution in [0.4, 0.5) is 0 Å². The van der Waals surface area contributed by atoms with E-state index in [0.29, 0.717) is 5.92 Å². The molecule has 3 aromatic carbocycles. The van der Waals surface area contributed by atoms with Crippen molar-refractivity contribution in [2.75, 3.05) is 0 Å². The minimum absolute atomic E-state index is 0.372. The number of hydrogen-bond acceptors (Lipinski definition) is 1. The maximum atomic E-state index is 4.53. The molecule has 0 N–H and O–H groups in total. The Labute approximate surface area is 136 Å². The van der Waals surface area contributed by atoms with E-state index in [2.05, 4.69) is 90.0 Å². The number of rotatable bonds is 3. The number of nitrogens with zero attached hydrogens (tertiary/aromatic N) is 1. The molecule has 0 bridgehead atoms. The summed E-state index contributed by atoms with van der Waals surface area (Å²) in [6.45, 7) is 0. The molecule has 23 heavy (non-hydrogen) atoms. The number of benzene rings is 3. The van der Waals surface area contributed by atoms with Gasteiger partial charge in [0.15, 0.2) is 0 Å². The maximum Gasteiger partial charge on any atom is 0.0352 e. The molecular formula is C22H17N. The molecule has 1 nitrogen and oxygen atoms in total. The van der Waals surface area contributed by atoms with Gasteiger partial charge in [0, 0.05) is 23.9 Å². The fourth-order valence-electron chi connectivity index (χ4n) is 3.03. The van der Waals surface area contributed by atoms with Crippen molar-refractivity contribution in [1.29, 1.82) is 0 Å². The topological polar surface area (TPSA) is 12.4 Å². The van der Waals surface area contributed by atoms with Crippen LogP contribution in [0.3, 0.4) is 0 Å². The van der Waals surface area contributed by atoms with Crippen LogP contribution in [0.25, 0.3) is 21.5 Å². The molecule has 0 amide bonds.